The monoisotopic (exact) mass is 349 g/mol. The lowest BCUT2D eigenvalue weighted by atomic mass is 10.1. The summed E-state index contributed by atoms with van der Waals surface area (Å²) in [5.41, 5.74) is 1.43. The number of rotatable bonds is 3. The van der Waals surface area contributed by atoms with Gasteiger partial charge in [-0.15, -0.1) is 0 Å². The molecule has 2 heterocycles. The van der Waals surface area contributed by atoms with Gasteiger partial charge in [-0.2, -0.15) is 5.10 Å². The summed E-state index contributed by atoms with van der Waals surface area (Å²) < 4.78 is 8.20. The molecule has 0 saturated carbocycles. The predicted octanol–water partition coefficient (Wildman–Crippen LogP) is 2.65. The second-order valence-corrected chi connectivity index (χ2v) is 6.54. The molecule has 0 saturated heterocycles. The Morgan fingerprint density at radius 3 is 2.67 bits per heavy atom. The van der Waals surface area contributed by atoms with Crippen molar-refractivity contribution in [3.63, 3.8) is 0 Å². The Balaban J connectivity index is 1.75. The Bertz CT molecular complexity index is 815. The Morgan fingerprint density at radius 1 is 1.25 bits per heavy atom. The van der Waals surface area contributed by atoms with E-state index in [1.807, 2.05) is 13.8 Å². The zero-order valence-electron chi connectivity index (χ0n) is 13.8. The van der Waals surface area contributed by atoms with Crippen LogP contribution in [0.4, 0.5) is 0 Å². The standard InChI is InChI=1S/C17H20ClN3O3/c1-11-8-13(9-12(2)16(11)18)24-15(22)10-21-17(23)20-7-5-3-4-6-14(20)19-21/h8-9H,3-7,10H2,1-2H3. The minimum atomic E-state index is -0.522. The Hall–Kier alpha value is -2.08. The third-order valence-corrected chi connectivity index (χ3v) is 4.80. The normalized spacial score (nSPS) is 14.1. The highest BCUT2D eigenvalue weighted by molar-refractivity contribution is 6.32. The lowest BCUT2D eigenvalue weighted by Gasteiger charge is -2.08. The van der Waals surface area contributed by atoms with Crippen molar-refractivity contribution >= 4 is 17.6 Å². The van der Waals surface area contributed by atoms with Gasteiger partial charge in [-0.3, -0.25) is 4.57 Å². The molecular formula is C17H20ClN3O3. The van der Waals surface area contributed by atoms with Crippen LogP contribution in [0, 0.1) is 13.8 Å². The highest BCUT2D eigenvalue weighted by atomic mass is 35.5. The highest BCUT2D eigenvalue weighted by Gasteiger charge is 2.18. The summed E-state index contributed by atoms with van der Waals surface area (Å²) in [5.74, 6) is 0.656. The maximum absolute atomic E-state index is 12.3. The lowest BCUT2D eigenvalue weighted by Crippen LogP contribution is -2.29. The molecule has 1 aliphatic heterocycles. The quantitative estimate of drug-likeness (QED) is 0.631. The molecule has 128 valence electrons. The van der Waals surface area contributed by atoms with Crippen molar-refractivity contribution in [2.24, 2.45) is 0 Å². The molecule has 0 aliphatic carbocycles. The molecule has 1 aromatic heterocycles. The number of aryl methyl sites for hydroxylation is 3. The van der Waals surface area contributed by atoms with Crippen LogP contribution >= 0.6 is 11.6 Å². The van der Waals surface area contributed by atoms with Gasteiger partial charge in [-0.05, 0) is 49.9 Å². The number of halogens is 1. The minimum Gasteiger partial charge on any atom is -0.425 e. The van der Waals surface area contributed by atoms with Gasteiger partial charge in [0.15, 0.2) is 0 Å². The van der Waals surface area contributed by atoms with Crippen molar-refractivity contribution in [1.29, 1.82) is 0 Å². The summed E-state index contributed by atoms with van der Waals surface area (Å²) in [7, 11) is 0. The summed E-state index contributed by atoms with van der Waals surface area (Å²) in [6.45, 7) is 4.17. The first-order chi connectivity index (χ1) is 11.5. The first kappa shape index (κ1) is 16.8. The maximum Gasteiger partial charge on any atom is 0.346 e. The predicted molar refractivity (Wildman–Crippen MR) is 90.6 cm³/mol. The zero-order chi connectivity index (χ0) is 17.3. The number of ether oxygens (including phenoxy) is 1. The van der Waals surface area contributed by atoms with E-state index in [4.69, 9.17) is 16.3 Å². The van der Waals surface area contributed by atoms with Gasteiger partial charge in [0.2, 0.25) is 0 Å². The minimum absolute atomic E-state index is 0.195. The van der Waals surface area contributed by atoms with E-state index in [1.54, 1.807) is 16.7 Å². The van der Waals surface area contributed by atoms with Gasteiger partial charge in [-0.1, -0.05) is 18.0 Å². The van der Waals surface area contributed by atoms with Crippen LogP contribution in [-0.4, -0.2) is 20.3 Å². The van der Waals surface area contributed by atoms with Crippen molar-refractivity contribution < 1.29 is 9.53 Å². The molecule has 24 heavy (non-hydrogen) atoms. The van der Waals surface area contributed by atoms with E-state index in [0.29, 0.717) is 17.3 Å². The second kappa shape index (κ2) is 6.81. The largest absolute Gasteiger partial charge is 0.425 e. The first-order valence-electron chi connectivity index (χ1n) is 8.09. The van der Waals surface area contributed by atoms with Crippen molar-refractivity contribution in [3.8, 4) is 5.75 Å². The molecule has 7 heteroatoms. The Kier molecular flexibility index (Phi) is 4.76. The van der Waals surface area contributed by atoms with Gasteiger partial charge < -0.3 is 4.74 Å². The fourth-order valence-electron chi connectivity index (χ4n) is 2.98. The fourth-order valence-corrected chi connectivity index (χ4v) is 3.09. The molecule has 0 bridgehead atoms. The Morgan fingerprint density at radius 2 is 1.96 bits per heavy atom. The molecule has 1 aromatic carbocycles. The number of carbonyl (C=O) groups is 1. The molecule has 0 spiro atoms. The van der Waals surface area contributed by atoms with E-state index < -0.39 is 5.97 Å². The summed E-state index contributed by atoms with van der Waals surface area (Å²) in [6.07, 6.45) is 3.85. The number of carbonyl (C=O) groups excluding carboxylic acids is 1. The molecular weight excluding hydrogens is 330 g/mol. The SMILES string of the molecule is Cc1cc(OC(=O)Cn2nc3n(c2=O)CCCCC3)cc(C)c1Cl. The fraction of sp³-hybridized carbons (Fsp3) is 0.471. The Labute approximate surface area is 145 Å². The number of fused-ring (bicyclic) bond motifs is 1. The van der Waals surface area contributed by atoms with Crippen LogP contribution in [0.5, 0.6) is 5.75 Å². The van der Waals surface area contributed by atoms with Crippen LogP contribution in [-0.2, 0) is 24.3 Å². The molecule has 2 aromatic rings. The van der Waals surface area contributed by atoms with Gasteiger partial charge in [-0.25, -0.2) is 14.3 Å². The van der Waals surface area contributed by atoms with Gasteiger partial charge in [0.1, 0.15) is 18.1 Å². The highest BCUT2D eigenvalue weighted by Crippen LogP contribution is 2.25. The van der Waals surface area contributed by atoms with Gasteiger partial charge in [0.25, 0.3) is 0 Å². The first-order valence-corrected chi connectivity index (χ1v) is 8.47. The topological polar surface area (TPSA) is 66.1 Å². The van der Waals surface area contributed by atoms with Crippen LogP contribution in [0.25, 0.3) is 0 Å². The number of nitrogens with zero attached hydrogens (tertiary/aromatic N) is 3. The molecule has 1 aliphatic rings. The van der Waals surface area contributed by atoms with Crippen LogP contribution < -0.4 is 10.4 Å². The number of benzene rings is 1. The van der Waals surface area contributed by atoms with E-state index in [9.17, 15) is 9.59 Å². The number of aromatic nitrogens is 3. The zero-order valence-corrected chi connectivity index (χ0v) is 14.6. The van der Waals surface area contributed by atoms with E-state index in [1.165, 1.54) is 4.68 Å². The third kappa shape index (κ3) is 3.38. The van der Waals surface area contributed by atoms with Crippen LogP contribution in [0.2, 0.25) is 5.02 Å². The molecule has 3 rings (SSSR count). The molecule has 0 fully saturated rings. The number of hydrogen-bond donors (Lipinski definition) is 0. The van der Waals surface area contributed by atoms with Crippen LogP contribution in [0.3, 0.4) is 0 Å². The average Bonchev–Trinajstić information content (AvgIpc) is 2.71. The maximum atomic E-state index is 12.3. The van der Waals surface area contributed by atoms with Gasteiger partial charge >= 0.3 is 11.7 Å². The van der Waals surface area contributed by atoms with Gasteiger partial charge in [0, 0.05) is 18.0 Å². The van der Waals surface area contributed by atoms with Crippen molar-refractivity contribution in [1.82, 2.24) is 14.3 Å². The molecule has 0 N–H and O–H groups in total. The summed E-state index contributed by atoms with van der Waals surface area (Å²) in [5, 5.41) is 4.94. The molecule has 0 atom stereocenters. The summed E-state index contributed by atoms with van der Waals surface area (Å²) >= 11 is 6.11. The van der Waals surface area contributed by atoms with Crippen molar-refractivity contribution in [2.75, 3.05) is 0 Å². The third-order valence-electron chi connectivity index (χ3n) is 4.20. The summed E-state index contributed by atoms with van der Waals surface area (Å²) in [4.78, 5) is 24.5. The van der Waals surface area contributed by atoms with Crippen molar-refractivity contribution in [3.05, 3.63) is 44.6 Å². The summed E-state index contributed by atoms with van der Waals surface area (Å²) in [6, 6.07) is 3.41. The smallest absolute Gasteiger partial charge is 0.346 e. The number of esters is 1. The average molecular weight is 350 g/mol. The van der Waals surface area contributed by atoms with Crippen LogP contribution in [0.1, 0.15) is 36.2 Å². The number of hydrogen-bond acceptors (Lipinski definition) is 4. The van der Waals surface area contributed by atoms with E-state index >= 15 is 0 Å². The molecule has 6 nitrogen and oxygen atoms in total. The van der Waals surface area contributed by atoms with Crippen LogP contribution in [0.15, 0.2) is 16.9 Å². The van der Waals surface area contributed by atoms with E-state index in [0.717, 1.165) is 42.6 Å². The van der Waals surface area contributed by atoms with Gasteiger partial charge in [0.05, 0.1) is 0 Å². The molecule has 0 amide bonds. The van der Waals surface area contributed by atoms with E-state index in [-0.39, 0.29) is 12.2 Å². The molecule has 0 unspecified atom stereocenters. The van der Waals surface area contributed by atoms with Crippen molar-refractivity contribution in [2.45, 2.75) is 52.6 Å². The molecule has 0 radical (unpaired) electrons. The lowest BCUT2D eigenvalue weighted by molar-refractivity contribution is -0.135. The van der Waals surface area contributed by atoms with E-state index in [2.05, 4.69) is 5.10 Å². The second-order valence-electron chi connectivity index (χ2n) is 6.16.